The zero-order valence-electron chi connectivity index (χ0n) is 13.8. The molecule has 0 unspecified atom stereocenters. The van der Waals surface area contributed by atoms with Gasteiger partial charge in [0.1, 0.15) is 0 Å². The van der Waals surface area contributed by atoms with Crippen LogP contribution in [0.5, 0.6) is 0 Å². The molecule has 1 aromatic rings. The molecule has 0 atom stereocenters. The van der Waals surface area contributed by atoms with E-state index in [2.05, 4.69) is 10.6 Å². The average molecular weight is 306 g/mol. The molecule has 0 heterocycles. The molecule has 0 radical (unpaired) electrons. The third-order valence-electron chi connectivity index (χ3n) is 3.10. The highest BCUT2D eigenvalue weighted by Crippen LogP contribution is 2.04. The number of hydrogen-bond acceptors (Lipinski definition) is 4. The second kappa shape index (κ2) is 9.17. The summed E-state index contributed by atoms with van der Waals surface area (Å²) in [5, 5.41) is 5.68. The van der Waals surface area contributed by atoms with Crippen LogP contribution in [0.15, 0.2) is 24.3 Å². The largest absolute Gasteiger partial charge is 0.351 e. The van der Waals surface area contributed by atoms with Crippen LogP contribution in [0, 0.1) is 0 Å². The number of likely N-dealkylation sites (N-methyl/N-ethyl adjacent to an activating group) is 2. The van der Waals surface area contributed by atoms with E-state index >= 15 is 0 Å². The van der Waals surface area contributed by atoms with Gasteiger partial charge in [-0.1, -0.05) is 0 Å². The Morgan fingerprint density at radius 1 is 0.773 bits per heavy atom. The SMILES string of the molecule is CN(C)CCNC(=O)c1ccc(C(=O)NCCN(C)C)cc1. The van der Waals surface area contributed by atoms with E-state index in [0.717, 1.165) is 13.1 Å². The summed E-state index contributed by atoms with van der Waals surface area (Å²) in [5.74, 6) is -0.247. The summed E-state index contributed by atoms with van der Waals surface area (Å²) in [6.45, 7) is 2.77. The van der Waals surface area contributed by atoms with Crippen LogP contribution in [0.25, 0.3) is 0 Å². The number of nitrogens with zero attached hydrogens (tertiary/aromatic N) is 2. The molecule has 6 nitrogen and oxygen atoms in total. The molecule has 22 heavy (non-hydrogen) atoms. The lowest BCUT2D eigenvalue weighted by Gasteiger charge is -2.11. The summed E-state index contributed by atoms with van der Waals surface area (Å²) in [6.07, 6.45) is 0. The maximum absolute atomic E-state index is 11.9. The first kappa shape index (κ1) is 18.1. The molecular formula is C16H26N4O2. The molecule has 2 N–H and O–H groups in total. The van der Waals surface area contributed by atoms with Gasteiger partial charge in [0.05, 0.1) is 0 Å². The van der Waals surface area contributed by atoms with Gasteiger partial charge in [-0.05, 0) is 52.5 Å². The van der Waals surface area contributed by atoms with Gasteiger partial charge in [-0.15, -0.1) is 0 Å². The first-order chi connectivity index (χ1) is 10.4. The Morgan fingerprint density at radius 2 is 1.09 bits per heavy atom. The van der Waals surface area contributed by atoms with Crippen LogP contribution in [0.2, 0.25) is 0 Å². The predicted molar refractivity (Wildman–Crippen MR) is 88.2 cm³/mol. The van der Waals surface area contributed by atoms with Crippen molar-refractivity contribution in [3.8, 4) is 0 Å². The molecule has 2 amide bonds. The molecule has 1 aromatic carbocycles. The number of nitrogens with one attached hydrogen (secondary N) is 2. The Labute approximate surface area is 132 Å². The zero-order chi connectivity index (χ0) is 16.5. The van der Waals surface area contributed by atoms with E-state index in [1.54, 1.807) is 24.3 Å². The van der Waals surface area contributed by atoms with Crippen LogP contribution in [-0.4, -0.2) is 76.0 Å². The minimum absolute atomic E-state index is 0.124. The highest BCUT2D eigenvalue weighted by Gasteiger charge is 2.08. The van der Waals surface area contributed by atoms with E-state index in [1.807, 2.05) is 38.0 Å². The summed E-state index contributed by atoms with van der Waals surface area (Å²) in [7, 11) is 7.82. The van der Waals surface area contributed by atoms with Crippen LogP contribution < -0.4 is 10.6 Å². The highest BCUT2D eigenvalue weighted by atomic mass is 16.2. The summed E-state index contributed by atoms with van der Waals surface area (Å²) in [6, 6.07) is 6.69. The van der Waals surface area contributed by atoms with Crippen molar-refractivity contribution in [2.24, 2.45) is 0 Å². The number of amides is 2. The molecular weight excluding hydrogens is 280 g/mol. The number of benzene rings is 1. The maximum Gasteiger partial charge on any atom is 0.251 e. The summed E-state index contributed by atoms with van der Waals surface area (Å²) in [4.78, 5) is 27.8. The van der Waals surface area contributed by atoms with Gasteiger partial charge in [0, 0.05) is 37.3 Å². The second-order valence-electron chi connectivity index (χ2n) is 5.70. The first-order valence-electron chi connectivity index (χ1n) is 7.36. The van der Waals surface area contributed by atoms with Crippen LogP contribution in [0.1, 0.15) is 20.7 Å². The van der Waals surface area contributed by atoms with Crippen molar-refractivity contribution >= 4 is 11.8 Å². The van der Waals surface area contributed by atoms with Gasteiger partial charge in [-0.25, -0.2) is 0 Å². The van der Waals surface area contributed by atoms with E-state index in [9.17, 15) is 9.59 Å². The molecule has 0 fully saturated rings. The number of hydrogen-bond donors (Lipinski definition) is 2. The van der Waals surface area contributed by atoms with Crippen molar-refractivity contribution in [3.63, 3.8) is 0 Å². The molecule has 1 rings (SSSR count). The fraction of sp³-hybridized carbons (Fsp3) is 0.500. The Balaban J connectivity index is 2.48. The van der Waals surface area contributed by atoms with Crippen LogP contribution in [-0.2, 0) is 0 Å². The van der Waals surface area contributed by atoms with Gasteiger partial charge < -0.3 is 20.4 Å². The monoisotopic (exact) mass is 306 g/mol. The lowest BCUT2D eigenvalue weighted by atomic mass is 10.1. The Morgan fingerprint density at radius 3 is 1.36 bits per heavy atom. The van der Waals surface area contributed by atoms with E-state index in [1.165, 1.54) is 0 Å². The molecule has 0 saturated carbocycles. The quantitative estimate of drug-likeness (QED) is 0.723. The second-order valence-corrected chi connectivity index (χ2v) is 5.70. The number of carbonyl (C=O) groups excluding carboxylic acids is 2. The van der Waals surface area contributed by atoms with E-state index < -0.39 is 0 Å². The summed E-state index contributed by atoms with van der Waals surface area (Å²) in [5.41, 5.74) is 1.12. The first-order valence-corrected chi connectivity index (χ1v) is 7.36. The lowest BCUT2D eigenvalue weighted by Crippen LogP contribution is -2.32. The third-order valence-corrected chi connectivity index (χ3v) is 3.10. The van der Waals surface area contributed by atoms with Crippen molar-refractivity contribution in [3.05, 3.63) is 35.4 Å². The maximum atomic E-state index is 11.9. The molecule has 6 heteroatoms. The lowest BCUT2D eigenvalue weighted by molar-refractivity contribution is 0.0939. The topological polar surface area (TPSA) is 64.7 Å². The normalized spacial score (nSPS) is 10.8. The standard InChI is InChI=1S/C16H26N4O2/c1-19(2)11-9-17-15(21)13-5-7-14(8-6-13)16(22)18-10-12-20(3)4/h5-8H,9-12H2,1-4H3,(H,17,21)(H,18,22). The predicted octanol–water partition coefficient (Wildman–Crippen LogP) is 0.269. The van der Waals surface area contributed by atoms with Gasteiger partial charge in [-0.2, -0.15) is 0 Å². The molecule has 0 aliphatic carbocycles. The van der Waals surface area contributed by atoms with E-state index in [0.29, 0.717) is 24.2 Å². The van der Waals surface area contributed by atoms with Crippen molar-refractivity contribution in [1.82, 2.24) is 20.4 Å². The van der Waals surface area contributed by atoms with Crippen molar-refractivity contribution < 1.29 is 9.59 Å². The smallest absolute Gasteiger partial charge is 0.251 e. The van der Waals surface area contributed by atoms with Gasteiger partial charge in [0.15, 0.2) is 0 Å². The fourth-order valence-electron chi connectivity index (χ4n) is 1.76. The summed E-state index contributed by atoms with van der Waals surface area (Å²) < 4.78 is 0. The molecule has 0 aromatic heterocycles. The number of carbonyl (C=O) groups is 2. The third kappa shape index (κ3) is 6.69. The molecule has 0 aliphatic heterocycles. The summed E-state index contributed by atoms with van der Waals surface area (Å²) >= 11 is 0. The van der Waals surface area contributed by atoms with Gasteiger partial charge >= 0.3 is 0 Å². The van der Waals surface area contributed by atoms with Crippen molar-refractivity contribution in [1.29, 1.82) is 0 Å². The molecule has 0 aliphatic rings. The minimum Gasteiger partial charge on any atom is -0.351 e. The van der Waals surface area contributed by atoms with Crippen LogP contribution >= 0.6 is 0 Å². The van der Waals surface area contributed by atoms with Crippen LogP contribution in [0.3, 0.4) is 0 Å². The van der Waals surface area contributed by atoms with E-state index in [-0.39, 0.29) is 11.8 Å². The van der Waals surface area contributed by atoms with Gasteiger partial charge in [0.2, 0.25) is 0 Å². The molecule has 0 saturated heterocycles. The minimum atomic E-state index is -0.124. The van der Waals surface area contributed by atoms with E-state index in [4.69, 9.17) is 0 Å². The Hall–Kier alpha value is -1.92. The van der Waals surface area contributed by atoms with Crippen molar-refractivity contribution in [2.75, 3.05) is 54.4 Å². The highest BCUT2D eigenvalue weighted by molar-refractivity contribution is 5.97. The Kier molecular flexibility index (Phi) is 7.56. The number of rotatable bonds is 8. The molecule has 0 bridgehead atoms. The Bertz CT molecular complexity index is 438. The molecule has 0 spiro atoms. The average Bonchev–Trinajstić information content (AvgIpc) is 2.46. The van der Waals surface area contributed by atoms with Crippen LogP contribution in [0.4, 0.5) is 0 Å². The van der Waals surface area contributed by atoms with Crippen molar-refractivity contribution in [2.45, 2.75) is 0 Å². The van der Waals surface area contributed by atoms with Gasteiger partial charge in [0.25, 0.3) is 11.8 Å². The zero-order valence-corrected chi connectivity index (χ0v) is 13.8. The molecule has 122 valence electrons. The fourth-order valence-corrected chi connectivity index (χ4v) is 1.76. The van der Waals surface area contributed by atoms with Gasteiger partial charge in [-0.3, -0.25) is 9.59 Å².